The molecule has 1 aromatic heterocycles. The van der Waals surface area contributed by atoms with E-state index < -0.39 is 35.2 Å². The van der Waals surface area contributed by atoms with Crippen LogP contribution in [0.1, 0.15) is 56.6 Å². The van der Waals surface area contributed by atoms with Crippen LogP contribution in [-0.2, 0) is 9.53 Å². The van der Waals surface area contributed by atoms with Gasteiger partial charge in [0.2, 0.25) is 5.82 Å². The van der Waals surface area contributed by atoms with E-state index in [4.69, 9.17) is 9.47 Å². The van der Waals surface area contributed by atoms with Crippen LogP contribution in [0.2, 0.25) is 0 Å². The van der Waals surface area contributed by atoms with Crippen LogP contribution in [0, 0.1) is 17.6 Å². The van der Waals surface area contributed by atoms with Crippen molar-refractivity contribution in [3.05, 3.63) is 53.4 Å². The normalized spacial score (nSPS) is 22.2. The first-order valence-electron chi connectivity index (χ1n) is 10.1. The van der Waals surface area contributed by atoms with Gasteiger partial charge in [-0.3, -0.25) is 14.6 Å². The second-order valence-corrected chi connectivity index (χ2v) is 8.14. The van der Waals surface area contributed by atoms with Crippen molar-refractivity contribution >= 4 is 17.4 Å². The first-order valence-corrected chi connectivity index (χ1v) is 10.1. The molecule has 1 aliphatic heterocycles. The standard InChI is InChI=1S/C23H26F2N2O4/c1-6-30-20-15(7-8-16(24)19(20)25)18-12(2)23(4,5)31-21(18)22(29)27-14-9-10-26-17(11-14)13(3)28/h7-12,18,21H,6H2,1-5H3,(H,26,27,29)/t12-,18+,21+/m0/s1. The molecule has 3 atom stereocenters. The minimum atomic E-state index is -1.09. The van der Waals surface area contributed by atoms with Crippen LogP contribution in [0.4, 0.5) is 14.5 Å². The highest BCUT2D eigenvalue weighted by Crippen LogP contribution is 2.49. The third-order valence-electron chi connectivity index (χ3n) is 5.77. The van der Waals surface area contributed by atoms with E-state index in [0.29, 0.717) is 11.3 Å². The predicted octanol–water partition coefficient (Wildman–Crippen LogP) is 4.50. The lowest BCUT2D eigenvalue weighted by Gasteiger charge is -2.26. The van der Waals surface area contributed by atoms with Crippen LogP contribution in [0.3, 0.4) is 0 Å². The monoisotopic (exact) mass is 432 g/mol. The molecule has 2 heterocycles. The molecule has 0 spiro atoms. The Bertz CT molecular complexity index is 1010. The van der Waals surface area contributed by atoms with E-state index in [1.165, 1.54) is 25.3 Å². The number of carbonyl (C=O) groups excluding carboxylic acids is 2. The van der Waals surface area contributed by atoms with E-state index in [2.05, 4.69) is 10.3 Å². The van der Waals surface area contributed by atoms with Gasteiger partial charge in [-0.05, 0) is 44.9 Å². The fraction of sp³-hybridized carbons (Fsp3) is 0.435. The van der Waals surface area contributed by atoms with Crippen LogP contribution in [0.15, 0.2) is 30.5 Å². The molecular formula is C23H26F2N2O4. The van der Waals surface area contributed by atoms with Gasteiger partial charge in [0, 0.05) is 30.3 Å². The van der Waals surface area contributed by atoms with Crippen molar-refractivity contribution in [2.45, 2.75) is 52.2 Å². The SMILES string of the molecule is CCOc1c([C@@H]2[C@H](C(=O)Nc3ccnc(C(C)=O)c3)OC(C)(C)[C@H]2C)ccc(F)c1F. The number of halogens is 2. The Kier molecular flexibility index (Phi) is 6.40. The first kappa shape index (κ1) is 22.8. The van der Waals surface area contributed by atoms with E-state index in [0.717, 1.165) is 6.07 Å². The largest absolute Gasteiger partial charge is 0.490 e. The summed E-state index contributed by atoms with van der Waals surface area (Å²) < 4.78 is 39.9. The molecule has 0 bridgehead atoms. The summed E-state index contributed by atoms with van der Waals surface area (Å²) in [5, 5.41) is 2.75. The summed E-state index contributed by atoms with van der Waals surface area (Å²) in [6.45, 7) is 8.78. The number of hydrogen-bond acceptors (Lipinski definition) is 5. The number of ether oxygens (including phenoxy) is 2. The summed E-state index contributed by atoms with van der Waals surface area (Å²) >= 11 is 0. The van der Waals surface area contributed by atoms with Gasteiger partial charge in [0.25, 0.3) is 5.91 Å². The maximum Gasteiger partial charge on any atom is 0.254 e. The molecule has 3 rings (SSSR count). The van der Waals surface area contributed by atoms with Crippen molar-refractivity contribution in [1.82, 2.24) is 4.98 Å². The second-order valence-electron chi connectivity index (χ2n) is 8.14. The quantitative estimate of drug-likeness (QED) is 0.681. The topological polar surface area (TPSA) is 77.5 Å². The molecule has 8 heteroatoms. The van der Waals surface area contributed by atoms with Crippen LogP contribution >= 0.6 is 0 Å². The second kappa shape index (κ2) is 8.70. The zero-order valence-corrected chi connectivity index (χ0v) is 18.2. The minimum Gasteiger partial charge on any atom is -0.490 e. The number of hydrogen-bond donors (Lipinski definition) is 1. The van der Waals surface area contributed by atoms with Crippen LogP contribution in [0.25, 0.3) is 0 Å². The van der Waals surface area contributed by atoms with Gasteiger partial charge in [-0.15, -0.1) is 0 Å². The molecule has 1 amide bonds. The smallest absolute Gasteiger partial charge is 0.254 e. The maximum absolute atomic E-state index is 14.5. The Morgan fingerprint density at radius 2 is 1.97 bits per heavy atom. The molecule has 31 heavy (non-hydrogen) atoms. The van der Waals surface area contributed by atoms with E-state index in [1.807, 2.05) is 20.8 Å². The molecule has 1 saturated heterocycles. The zero-order chi connectivity index (χ0) is 22.9. The van der Waals surface area contributed by atoms with Crippen LogP contribution < -0.4 is 10.1 Å². The Balaban J connectivity index is 1.99. The molecule has 0 saturated carbocycles. The predicted molar refractivity (Wildman–Crippen MR) is 111 cm³/mol. The molecule has 2 aromatic rings. The summed E-state index contributed by atoms with van der Waals surface area (Å²) in [5.74, 6) is -3.80. The van der Waals surface area contributed by atoms with Gasteiger partial charge in [0.15, 0.2) is 17.3 Å². The van der Waals surface area contributed by atoms with E-state index >= 15 is 0 Å². The molecule has 0 aliphatic carbocycles. The average Bonchev–Trinajstić information content (AvgIpc) is 2.96. The Morgan fingerprint density at radius 1 is 1.26 bits per heavy atom. The van der Waals surface area contributed by atoms with Crippen molar-refractivity contribution in [3.8, 4) is 5.75 Å². The number of amides is 1. The van der Waals surface area contributed by atoms with Gasteiger partial charge in [-0.25, -0.2) is 4.39 Å². The molecule has 1 aliphatic rings. The first-order chi connectivity index (χ1) is 14.6. The Hall–Kier alpha value is -2.87. The fourth-order valence-corrected chi connectivity index (χ4v) is 3.87. The van der Waals surface area contributed by atoms with E-state index in [9.17, 15) is 18.4 Å². The van der Waals surface area contributed by atoms with Gasteiger partial charge in [0.1, 0.15) is 11.8 Å². The van der Waals surface area contributed by atoms with Crippen LogP contribution in [-0.4, -0.2) is 35.0 Å². The average molecular weight is 432 g/mol. The molecule has 1 fully saturated rings. The summed E-state index contributed by atoms with van der Waals surface area (Å²) in [7, 11) is 0. The van der Waals surface area contributed by atoms with Crippen molar-refractivity contribution in [3.63, 3.8) is 0 Å². The van der Waals surface area contributed by atoms with E-state index in [1.54, 1.807) is 13.0 Å². The Labute approximate surface area is 180 Å². The highest BCUT2D eigenvalue weighted by Gasteiger charge is 2.51. The maximum atomic E-state index is 14.5. The fourth-order valence-electron chi connectivity index (χ4n) is 3.87. The summed E-state index contributed by atoms with van der Waals surface area (Å²) in [6.07, 6.45) is 0.442. The molecule has 0 radical (unpaired) electrons. The summed E-state index contributed by atoms with van der Waals surface area (Å²) in [6, 6.07) is 5.51. The van der Waals surface area contributed by atoms with Crippen molar-refractivity contribution in [1.29, 1.82) is 0 Å². The molecular weight excluding hydrogens is 406 g/mol. The molecule has 166 valence electrons. The number of carbonyl (C=O) groups is 2. The number of nitrogens with zero attached hydrogens (tertiary/aromatic N) is 1. The van der Waals surface area contributed by atoms with Gasteiger partial charge in [-0.2, -0.15) is 4.39 Å². The highest BCUT2D eigenvalue weighted by molar-refractivity contribution is 5.97. The number of pyridine rings is 1. The lowest BCUT2D eigenvalue weighted by molar-refractivity contribution is -0.131. The number of ketones is 1. The van der Waals surface area contributed by atoms with Crippen molar-refractivity contribution < 1.29 is 27.8 Å². The lowest BCUT2D eigenvalue weighted by Crippen LogP contribution is -2.33. The van der Waals surface area contributed by atoms with Gasteiger partial charge in [0.05, 0.1) is 12.2 Å². The lowest BCUT2D eigenvalue weighted by atomic mass is 9.78. The number of rotatable bonds is 6. The molecule has 1 N–H and O–H groups in total. The van der Waals surface area contributed by atoms with Gasteiger partial charge >= 0.3 is 0 Å². The molecule has 1 aromatic carbocycles. The minimum absolute atomic E-state index is 0.139. The number of anilines is 1. The van der Waals surface area contributed by atoms with Crippen molar-refractivity contribution in [2.24, 2.45) is 5.92 Å². The third kappa shape index (κ3) is 4.44. The number of benzene rings is 1. The summed E-state index contributed by atoms with van der Waals surface area (Å²) in [4.78, 5) is 28.7. The summed E-state index contributed by atoms with van der Waals surface area (Å²) in [5.41, 5.74) is 0.275. The van der Waals surface area contributed by atoms with E-state index in [-0.39, 0.29) is 29.8 Å². The highest BCUT2D eigenvalue weighted by atomic mass is 19.2. The number of Topliss-reactive ketones (excluding diaryl/α,β-unsaturated/α-hetero) is 1. The van der Waals surface area contributed by atoms with Crippen molar-refractivity contribution in [2.75, 3.05) is 11.9 Å². The van der Waals surface area contributed by atoms with Crippen LogP contribution in [0.5, 0.6) is 5.75 Å². The molecule has 6 nitrogen and oxygen atoms in total. The van der Waals surface area contributed by atoms with Gasteiger partial charge in [-0.1, -0.05) is 13.0 Å². The number of nitrogens with one attached hydrogen (secondary N) is 1. The molecule has 0 unspecified atom stereocenters. The zero-order valence-electron chi connectivity index (χ0n) is 18.2. The third-order valence-corrected chi connectivity index (χ3v) is 5.77. The number of aromatic nitrogens is 1. The Morgan fingerprint density at radius 3 is 2.61 bits per heavy atom. The van der Waals surface area contributed by atoms with Gasteiger partial charge < -0.3 is 14.8 Å².